The Labute approximate surface area is 134 Å². The lowest BCUT2D eigenvalue weighted by molar-refractivity contribution is 0.0634. The minimum absolute atomic E-state index is 0.153. The van der Waals surface area contributed by atoms with Gasteiger partial charge in [0.25, 0.3) is 0 Å². The van der Waals surface area contributed by atoms with Crippen molar-refractivity contribution in [3.63, 3.8) is 0 Å². The van der Waals surface area contributed by atoms with Gasteiger partial charge in [-0.3, -0.25) is 10.3 Å². The standard InChI is InChI=1S/C17H18N2O4/c1-17(2,3)23-16(22)19-13-6-4-5-11(9-13)14-10-12(15(20)21)7-8-18-14/h4-10H,1-3H3,(H,19,22)(H,20,21). The Hall–Kier alpha value is -2.89. The summed E-state index contributed by atoms with van der Waals surface area (Å²) in [5.74, 6) is -1.02. The van der Waals surface area contributed by atoms with E-state index >= 15 is 0 Å². The molecule has 1 heterocycles. The number of nitrogens with zero attached hydrogens (tertiary/aromatic N) is 1. The van der Waals surface area contributed by atoms with E-state index < -0.39 is 17.7 Å². The van der Waals surface area contributed by atoms with E-state index in [0.717, 1.165) is 0 Å². The SMILES string of the molecule is CC(C)(C)OC(=O)Nc1cccc(-c2cc(C(=O)O)ccn2)c1. The van der Waals surface area contributed by atoms with Gasteiger partial charge in [0.2, 0.25) is 0 Å². The maximum Gasteiger partial charge on any atom is 0.412 e. The molecular formula is C17H18N2O4. The van der Waals surface area contributed by atoms with Gasteiger partial charge in [-0.1, -0.05) is 12.1 Å². The molecule has 0 unspecified atom stereocenters. The Morgan fingerprint density at radius 1 is 1.17 bits per heavy atom. The lowest BCUT2D eigenvalue weighted by atomic mass is 10.1. The molecule has 23 heavy (non-hydrogen) atoms. The van der Waals surface area contributed by atoms with Crippen molar-refractivity contribution in [1.82, 2.24) is 4.98 Å². The van der Waals surface area contributed by atoms with Crippen molar-refractivity contribution in [2.45, 2.75) is 26.4 Å². The van der Waals surface area contributed by atoms with Crippen LogP contribution in [0.3, 0.4) is 0 Å². The molecule has 0 saturated heterocycles. The lowest BCUT2D eigenvalue weighted by Gasteiger charge is -2.19. The molecule has 6 heteroatoms. The van der Waals surface area contributed by atoms with E-state index in [2.05, 4.69) is 10.3 Å². The molecule has 2 rings (SSSR count). The molecule has 120 valence electrons. The number of hydrogen-bond donors (Lipinski definition) is 2. The monoisotopic (exact) mass is 314 g/mol. The number of carbonyl (C=O) groups is 2. The molecule has 0 saturated carbocycles. The van der Waals surface area contributed by atoms with Crippen LogP contribution in [0, 0.1) is 0 Å². The molecule has 0 fully saturated rings. The minimum atomic E-state index is -1.02. The van der Waals surface area contributed by atoms with Crippen molar-refractivity contribution in [3.05, 3.63) is 48.2 Å². The van der Waals surface area contributed by atoms with Crippen LogP contribution >= 0.6 is 0 Å². The topological polar surface area (TPSA) is 88.5 Å². The van der Waals surface area contributed by atoms with E-state index in [1.165, 1.54) is 18.3 Å². The fraction of sp³-hybridized carbons (Fsp3) is 0.235. The first-order valence-electron chi connectivity index (χ1n) is 7.04. The predicted octanol–water partition coefficient (Wildman–Crippen LogP) is 3.79. The van der Waals surface area contributed by atoms with Crippen molar-refractivity contribution in [3.8, 4) is 11.3 Å². The highest BCUT2D eigenvalue weighted by molar-refractivity contribution is 5.89. The van der Waals surface area contributed by atoms with Crippen LogP contribution in [0.4, 0.5) is 10.5 Å². The van der Waals surface area contributed by atoms with Gasteiger partial charge in [0.15, 0.2) is 0 Å². The molecule has 0 radical (unpaired) electrons. The largest absolute Gasteiger partial charge is 0.478 e. The van der Waals surface area contributed by atoms with Gasteiger partial charge in [-0.25, -0.2) is 9.59 Å². The second-order valence-electron chi connectivity index (χ2n) is 5.94. The van der Waals surface area contributed by atoms with Gasteiger partial charge in [-0.15, -0.1) is 0 Å². The van der Waals surface area contributed by atoms with Crippen LogP contribution in [0.2, 0.25) is 0 Å². The number of nitrogens with one attached hydrogen (secondary N) is 1. The lowest BCUT2D eigenvalue weighted by Crippen LogP contribution is -2.27. The van der Waals surface area contributed by atoms with Crippen LogP contribution in [0.1, 0.15) is 31.1 Å². The maximum atomic E-state index is 11.8. The highest BCUT2D eigenvalue weighted by Gasteiger charge is 2.16. The predicted molar refractivity (Wildman–Crippen MR) is 86.5 cm³/mol. The van der Waals surface area contributed by atoms with E-state index in [0.29, 0.717) is 16.9 Å². The average molecular weight is 314 g/mol. The van der Waals surface area contributed by atoms with Gasteiger partial charge >= 0.3 is 12.1 Å². The van der Waals surface area contributed by atoms with Crippen molar-refractivity contribution >= 4 is 17.7 Å². The molecule has 0 aliphatic rings. The maximum absolute atomic E-state index is 11.8. The average Bonchev–Trinajstić information content (AvgIpc) is 2.45. The van der Waals surface area contributed by atoms with Crippen molar-refractivity contribution in [2.75, 3.05) is 5.32 Å². The quantitative estimate of drug-likeness (QED) is 0.899. The van der Waals surface area contributed by atoms with E-state index in [-0.39, 0.29) is 5.56 Å². The molecule has 0 aliphatic heterocycles. The third-order valence-corrected chi connectivity index (χ3v) is 2.81. The second kappa shape index (κ2) is 6.48. The summed E-state index contributed by atoms with van der Waals surface area (Å²) in [5, 5.41) is 11.7. The Kier molecular flexibility index (Phi) is 4.64. The van der Waals surface area contributed by atoms with Crippen LogP contribution in [0.15, 0.2) is 42.6 Å². The summed E-state index contributed by atoms with van der Waals surface area (Å²) in [6, 6.07) is 9.86. The van der Waals surface area contributed by atoms with Crippen LogP contribution in [0.5, 0.6) is 0 Å². The smallest absolute Gasteiger partial charge is 0.412 e. The Morgan fingerprint density at radius 2 is 1.91 bits per heavy atom. The molecule has 1 amide bonds. The van der Waals surface area contributed by atoms with E-state index in [9.17, 15) is 9.59 Å². The minimum Gasteiger partial charge on any atom is -0.478 e. The summed E-state index contributed by atoms with van der Waals surface area (Å²) in [5.41, 5.74) is 1.32. The molecule has 0 spiro atoms. The number of benzene rings is 1. The molecule has 1 aromatic heterocycles. The number of rotatable bonds is 3. The molecule has 2 aromatic rings. The number of carboxylic acids is 1. The van der Waals surface area contributed by atoms with Gasteiger partial charge in [0.1, 0.15) is 5.60 Å². The van der Waals surface area contributed by atoms with E-state index in [4.69, 9.17) is 9.84 Å². The summed E-state index contributed by atoms with van der Waals surface area (Å²) < 4.78 is 5.19. The van der Waals surface area contributed by atoms with Gasteiger partial charge in [0.05, 0.1) is 11.3 Å². The van der Waals surface area contributed by atoms with E-state index in [1.807, 2.05) is 0 Å². The van der Waals surface area contributed by atoms with Gasteiger partial charge in [-0.05, 0) is 45.0 Å². The van der Waals surface area contributed by atoms with Gasteiger partial charge in [0, 0.05) is 17.4 Å². The number of amides is 1. The summed E-state index contributed by atoms with van der Waals surface area (Å²) >= 11 is 0. The van der Waals surface area contributed by atoms with Crippen LogP contribution in [0.25, 0.3) is 11.3 Å². The fourth-order valence-electron chi connectivity index (χ4n) is 1.90. The molecule has 0 bridgehead atoms. The number of pyridine rings is 1. The van der Waals surface area contributed by atoms with Crippen molar-refractivity contribution in [2.24, 2.45) is 0 Å². The normalized spacial score (nSPS) is 10.9. The fourth-order valence-corrected chi connectivity index (χ4v) is 1.90. The molecule has 0 atom stereocenters. The summed E-state index contributed by atoms with van der Waals surface area (Å²) in [6.07, 6.45) is 0.883. The molecule has 1 aromatic carbocycles. The molecular weight excluding hydrogens is 296 g/mol. The summed E-state index contributed by atoms with van der Waals surface area (Å²) in [6.45, 7) is 5.35. The number of carbonyl (C=O) groups excluding carboxylic acids is 1. The zero-order valence-corrected chi connectivity index (χ0v) is 13.2. The molecule has 0 aliphatic carbocycles. The highest BCUT2D eigenvalue weighted by Crippen LogP contribution is 2.22. The summed E-state index contributed by atoms with van der Waals surface area (Å²) in [4.78, 5) is 27.0. The first kappa shape index (κ1) is 16.5. The number of hydrogen-bond acceptors (Lipinski definition) is 4. The Bertz CT molecular complexity index is 735. The first-order chi connectivity index (χ1) is 10.7. The molecule has 2 N–H and O–H groups in total. The third-order valence-electron chi connectivity index (χ3n) is 2.81. The van der Waals surface area contributed by atoms with Crippen LogP contribution in [-0.2, 0) is 4.74 Å². The Balaban J connectivity index is 2.22. The molecule has 6 nitrogen and oxygen atoms in total. The van der Waals surface area contributed by atoms with Gasteiger partial charge in [-0.2, -0.15) is 0 Å². The zero-order chi connectivity index (χ0) is 17.0. The van der Waals surface area contributed by atoms with Crippen LogP contribution in [-0.4, -0.2) is 27.8 Å². The number of ether oxygens (including phenoxy) is 1. The number of anilines is 1. The van der Waals surface area contributed by atoms with Crippen LogP contribution < -0.4 is 5.32 Å². The van der Waals surface area contributed by atoms with Gasteiger partial charge < -0.3 is 9.84 Å². The van der Waals surface area contributed by atoms with E-state index in [1.54, 1.807) is 45.0 Å². The highest BCUT2D eigenvalue weighted by atomic mass is 16.6. The zero-order valence-electron chi connectivity index (χ0n) is 13.2. The number of aromatic nitrogens is 1. The number of aromatic carboxylic acids is 1. The number of carboxylic acid groups (broad SMARTS) is 1. The summed E-state index contributed by atoms with van der Waals surface area (Å²) in [7, 11) is 0. The second-order valence-corrected chi connectivity index (χ2v) is 5.94. The Morgan fingerprint density at radius 3 is 2.57 bits per heavy atom. The van der Waals surface area contributed by atoms with Crippen molar-refractivity contribution in [1.29, 1.82) is 0 Å². The first-order valence-corrected chi connectivity index (χ1v) is 7.04. The van der Waals surface area contributed by atoms with Crippen molar-refractivity contribution < 1.29 is 19.4 Å². The third kappa shape index (κ3) is 4.81.